The van der Waals surface area contributed by atoms with Crippen molar-refractivity contribution in [2.45, 2.75) is 19.4 Å². The van der Waals surface area contributed by atoms with E-state index in [1.165, 1.54) is 4.90 Å². The summed E-state index contributed by atoms with van der Waals surface area (Å²) in [6.07, 6.45) is 1.95. The Labute approximate surface area is 108 Å². The number of aliphatic hydroxyl groups is 1. The quantitative estimate of drug-likeness (QED) is 0.848. The highest BCUT2D eigenvalue weighted by Gasteiger charge is 2.09. The first kappa shape index (κ1) is 14.4. The Hall–Kier alpha value is -1.62. The van der Waals surface area contributed by atoms with Crippen LogP contribution < -0.4 is 4.90 Å². The first-order chi connectivity index (χ1) is 8.41. The number of pyridine rings is 1. The second-order valence-corrected chi connectivity index (χ2v) is 4.66. The van der Waals surface area contributed by atoms with E-state index in [0.29, 0.717) is 12.0 Å². The van der Waals surface area contributed by atoms with Gasteiger partial charge in [-0.15, -0.1) is 0 Å². The molecule has 5 heteroatoms. The van der Waals surface area contributed by atoms with Crippen LogP contribution in [0.2, 0.25) is 0 Å². The average Bonchev–Trinajstić information content (AvgIpc) is 2.35. The maximum absolute atomic E-state index is 11.7. The molecule has 1 unspecified atom stereocenters. The van der Waals surface area contributed by atoms with Gasteiger partial charge in [-0.2, -0.15) is 0 Å². The normalized spacial score (nSPS) is 12.1. The van der Waals surface area contributed by atoms with Crippen LogP contribution in [0.4, 0.5) is 5.82 Å². The fraction of sp³-hybridized carbons (Fsp3) is 0.538. The van der Waals surface area contributed by atoms with Gasteiger partial charge in [0.1, 0.15) is 5.82 Å². The number of aromatic nitrogens is 1. The zero-order chi connectivity index (χ0) is 13.7. The first-order valence-electron chi connectivity index (χ1n) is 5.98. The average molecular weight is 251 g/mol. The van der Waals surface area contributed by atoms with Gasteiger partial charge in [-0.05, 0) is 25.5 Å². The molecule has 0 saturated carbocycles. The molecule has 0 saturated heterocycles. The summed E-state index contributed by atoms with van der Waals surface area (Å²) in [5.41, 5.74) is 0.577. The van der Waals surface area contributed by atoms with Gasteiger partial charge in [0, 0.05) is 33.9 Å². The van der Waals surface area contributed by atoms with Crippen molar-refractivity contribution >= 4 is 11.7 Å². The van der Waals surface area contributed by atoms with E-state index >= 15 is 0 Å². The molecule has 0 aliphatic rings. The van der Waals surface area contributed by atoms with E-state index in [1.54, 1.807) is 33.3 Å². The SMILES string of the molecule is CC(O)CCN(C)c1ccc(C(=O)N(C)C)cn1. The number of amides is 1. The van der Waals surface area contributed by atoms with Crippen molar-refractivity contribution in [2.24, 2.45) is 0 Å². The molecule has 0 fully saturated rings. The highest BCUT2D eigenvalue weighted by molar-refractivity contribution is 5.93. The lowest BCUT2D eigenvalue weighted by molar-refractivity contribution is 0.0827. The molecule has 1 heterocycles. The largest absolute Gasteiger partial charge is 0.393 e. The summed E-state index contributed by atoms with van der Waals surface area (Å²) in [4.78, 5) is 19.4. The molecular formula is C13H21N3O2. The van der Waals surface area contributed by atoms with Crippen molar-refractivity contribution in [2.75, 3.05) is 32.6 Å². The maximum Gasteiger partial charge on any atom is 0.254 e. The van der Waals surface area contributed by atoms with Gasteiger partial charge in [-0.1, -0.05) is 0 Å². The summed E-state index contributed by atoms with van der Waals surface area (Å²) < 4.78 is 0. The monoisotopic (exact) mass is 251 g/mol. The van der Waals surface area contributed by atoms with Crippen molar-refractivity contribution in [3.8, 4) is 0 Å². The molecule has 1 aromatic heterocycles. The molecular weight excluding hydrogens is 230 g/mol. The Balaban J connectivity index is 2.67. The van der Waals surface area contributed by atoms with E-state index in [2.05, 4.69) is 4.98 Å². The molecule has 0 aromatic carbocycles. The summed E-state index contributed by atoms with van der Waals surface area (Å²) in [6.45, 7) is 2.49. The maximum atomic E-state index is 11.7. The van der Waals surface area contributed by atoms with Crippen LogP contribution in [0, 0.1) is 0 Å². The predicted octanol–water partition coefficient (Wildman–Crippen LogP) is 0.991. The van der Waals surface area contributed by atoms with Crippen LogP contribution in [0.15, 0.2) is 18.3 Å². The number of aliphatic hydroxyl groups excluding tert-OH is 1. The Bertz CT molecular complexity index is 388. The van der Waals surface area contributed by atoms with E-state index in [0.717, 1.165) is 12.4 Å². The minimum absolute atomic E-state index is 0.0549. The lowest BCUT2D eigenvalue weighted by Crippen LogP contribution is -2.24. The standard InChI is InChI=1S/C13H21N3O2/c1-10(17)7-8-16(4)12-6-5-11(9-14-12)13(18)15(2)3/h5-6,9-10,17H,7-8H2,1-4H3. The third-order valence-electron chi connectivity index (χ3n) is 2.67. The minimum Gasteiger partial charge on any atom is -0.393 e. The zero-order valence-electron chi connectivity index (χ0n) is 11.4. The van der Waals surface area contributed by atoms with Gasteiger partial charge in [0.25, 0.3) is 5.91 Å². The van der Waals surface area contributed by atoms with Crippen molar-refractivity contribution in [3.63, 3.8) is 0 Å². The molecule has 0 aliphatic heterocycles. The fourth-order valence-corrected chi connectivity index (χ4v) is 1.49. The smallest absolute Gasteiger partial charge is 0.254 e. The number of carbonyl (C=O) groups is 1. The van der Waals surface area contributed by atoms with Crippen molar-refractivity contribution in [1.29, 1.82) is 0 Å². The number of carbonyl (C=O) groups excluding carboxylic acids is 1. The third kappa shape index (κ3) is 4.00. The van der Waals surface area contributed by atoms with Crippen LogP contribution in [-0.4, -0.2) is 54.7 Å². The molecule has 0 spiro atoms. The van der Waals surface area contributed by atoms with Crippen molar-refractivity contribution in [1.82, 2.24) is 9.88 Å². The lowest BCUT2D eigenvalue weighted by atomic mass is 10.2. The van der Waals surface area contributed by atoms with Crippen LogP contribution in [0.3, 0.4) is 0 Å². The number of rotatable bonds is 5. The highest BCUT2D eigenvalue weighted by Crippen LogP contribution is 2.11. The van der Waals surface area contributed by atoms with Gasteiger partial charge in [-0.3, -0.25) is 4.79 Å². The Kier molecular flexibility index (Phi) is 5.09. The molecule has 18 heavy (non-hydrogen) atoms. The number of nitrogens with zero attached hydrogens (tertiary/aromatic N) is 3. The van der Waals surface area contributed by atoms with Gasteiger partial charge in [0.2, 0.25) is 0 Å². The number of hydrogen-bond donors (Lipinski definition) is 1. The van der Waals surface area contributed by atoms with Gasteiger partial charge in [0.05, 0.1) is 11.7 Å². The van der Waals surface area contributed by atoms with E-state index < -0.39 is 0 Å². The molecule has 5 nitrogen and oxygen atoms in total. The van der Waals surface area contributed by atoms with Crippen LogP contribution in [0.25, 0.3) is 0 Å². The number of hydrogen-bond acceptors (Lipinski definition) is 4. The van der Waals surface area contributed by atoms with Gasteiger partial charge >= 0.3 is 0 Å². The molecule has 1 rings (SSSR count). The molecule has 0 bridgehead atoms. The van der Waals surface area contributed by atoms with Crippen molar-refractivity contribution < 1.29 is 9.90 Å². The Morgan fingerprint density at radius 1 is 1.39 bits per heavy atom. The lowest BCUT2D eigenvalue weighted by Gasteiger charge is -2.19. The molecule has 1 aromatic rings. The predicted molar refractivity (Wildman–Crippen MR) is 71.8 cm³/mol. The van der Waals surface area contributed by atoms with E-state index in [4.69, 9.17) is 0 Å². The van der Waals surface area contributed by atoms with Crippen molar-refractivity contribution in [3.05, 3.63) is 23.9 Å². The highest BCUT2D eigenvalue weighted by atomic mass is 16.3. The van der Waals surface area contributed by atoms with Crippen LogP contribution in [0.1, 0.15) is 23.7 Å². The molecule has 1 N–H and O–H groups in total. The Morgan fingerprint density at radius 2 is 2.06 bits per heavy atom. The molecule has 1 amide bonds. The van der Waals surface area contributed by atoms with Crippen LogP contribution >= 0.6 is 0 Å². The molecule has 0 aliphatic carbocycles. The molecule has 0 radical (unpaired) electrons. The summed E-state index contributed by atoms with van der Waals surface area (Å²) in [6, 6.07) is 3.59. The summed E-state index contributed by atoms with van der Waals surface area (Å²) in [5.74, 6) is 0.742. The molecule has 1 atom stereocenters. The second-order valence-electron chi connectivity index (χ2n) is 4.66. The molecule has 100 valence electrons. The van der Waals surface area contributed by atoms with Gasteiger partial charge in [0.15, 0.2) is 0 Å². The fourth-order valence-electron chi connectivity index (χ4n) is 1.49. The van der Waals surface area contributed by atoms with E-state index in [1.807, 2.05) is 18.0 Å². The summed E-state index contributed by atoms with van der Waals surface area (Å²) >= 11 is 0. The van der Waals surface area contributed by atoms with E-state index in [-0.39, 0.29) is 12.0 Å². The Morgan fingerprint density at radius 3 is 2.50 bits per heavy atom. The van der Waals surface area contributed by atoms with E-state index in [9.17, 15) is 9.90 Å². The van der Waals surface area contributed by atoms with Gasteiger partial charge < -0.3 is 14.9 Å². The minimum atomic E-state index is -0.318. The summed E-state index contributed by atoms with van der Waals surface area (Å²) in [7, 11) is 5.34. The number of anilines is 1. The third-order valence-corrected chi connectivity index (χ3v) is 2.67. The second kappa shape index (κ2) is 6.35. The zero-order valence-corrected chi connectivity index (χ0v) is 11.4. The van der Waals surface area contributed by atoms with Gasteiger partial charge in [-0.25, -0.2) is 4.98 Å². The topological polar surface area (TPSA) is 56.7 Å². The summed E-state index contributed by atoms with van der Waals surface area (Å²) in [5, 5.41) is 9.23. The van der Waals surface area contributed by atoms with Crippen LogP contribution in [-0.2, 0) is 0 Å². The van der Waals surface area contributed by atoms with Crippen LogP contribution in [0.5, 0.6) is 0 Å². The first-order valence-corrected chi connectivity index (χ1v) is 5.98.